The van der Waals surface area contributed by atoms with Gasteiger partial charge in [0, 0.05) is 12.6 Å². The Morgan fingerprint density at radius 1 is 1.46 bits per heavy atom. The highest BCUT2D eigenvalue weighted by atomic mass is 35.5. The van der Waals surface area contributed by atoms with Crippen molar-refractivity contribution in [2.75, 3.05) is 13.1 Å². The van der Waals surface area contributed by atoms with Gasteiger partial charge in [0.25, 0.3) is 0 Å². The van der Waals surface area contributed by atoms with Crippen molar-refractivity contribution >= 4 is 22.4 Å². The first-order valence-electron chi connectivity index (χ1n) is 4.24. The minimum absolute atomic E-state index is 0. The molecule has 0 aliphatic carbocycles. The van der Waals surface area contributed by atoms with E-state index in [9.17, 15) is 8.42 Å². The lowest BCUT2D eigenvalue weighted by Gasteiger charge is -2.13. The van der Waals surface area contributed by atoms with Crippen LogP contribution in [0.1, 0.15) is 20.3 Å². The van der Waals surface area contributed by atoms with Crippen LogP contribution in [0.5, 0.6) is 0 Å². The van der Waals surface area contributed by atoms with E-state index in [1.165, 1.54) is 0 Å². The highest BCUT2D eigenvalue weighted by Gasteiger charge is 2.28. The molecule has 2 N–H and O–H groups in total. The number of rotatable bonds is 3. The Kier molecular flexibility index (Phi) is 5.21. The summed E-state index contributed by atoms with van der Waals surface area (Å²) < 4.78 is 25.6. The lowest BCUT2D eigenvalue weighted by atomic mass is 10.4. The van der Waals surface area contributed by atoms with Gasteiger partial charge in [0.15, 0.2) is 0 Å². The van der Waals surface area contributed by atoms with Crippen LogP contribution in [0.2, 0.25) is 0 Å². The molecule has 0 aromatic carbocycles. The van der Waals surface area contributed by atoms with Crippen LogP contribution >= 0.6 is 12.4 Å². The molecule has 0 radical (unpaired) electrons. The smallest absolute Gasteiger partial charge is 0.216 e. The lowest BCUT2D eigenvalue weighted by Crippen LogP contribution is -2.39. The molecule has 1 atom stereocenters. The van der Waals surface area contributed by atoms with Crippen LogP contribution in [0.25, 0.3) is 0 Å². The van der Waals surface area contributed by atoms with Crippen LogP contribution in [-0.2, 0) is 10.0 Å². The van der Waals surface area contributed by atoms with Crippen molar-refractivity contribution in [2.45, 2.75) is 31.6 Å². The molecule has 0 amide bonds. The summed E-state index contributed by atoms with van der Waals surface area (Å²) in [6, 6.07) is -0.00407. The van der Waals surface area contributed by atoms with E-state index >= 15 is 0 Å². The third-order valence-corrected chi connectivity index (χ3v) is 3.93. The molecule has 0 bridgehead atoms. The van der Waals surface area contributed by atoms with Gasteiger partial charge in [-0.2, -0.15) is 0 Å². The van der Waals surface area contributed by atoms with Gasteiger partial charge in [-0.25, -0.2) is 13.1 Å². The average Bonchev–Trinajstić information content (AvgIpc) is 2.32. The second-order valence-corrected chi connectivity index (χ2v) is 5.42. The third kappa shape index (κ3) is 3.81. The zero-order chi connectivity index (χ0) is 9.19. The Hall–Kier alpha value is 0.160. The van der Waals surface area contributed by atoms with Crippen LogP contribution in [-0.4, -0.2) is 32.8 Å². The average molecular weight is 229 g/mol. The van der Waals surface area contributed by atoms with Gasteiger partial charge in [-0.15, -0.1) is 12.4 Å². The molecule has 1 fully saturated rings. The van der Waals surface area contributed by atoms with Gasteiger partial charge in [0.2, 0.25) is 10.0 Å². The molecular weight excluding hydrogens is 212 g/mol. The molecular formula is C7H17ClN2O2S. The molecule has 0 spiro atoms. The minimum atomic E-state index is -3.07. The predicted molar refractivity (Wildman–Crippen MR) is 55.7 cm³/mol. The van der Waals surface area contributed by atoms with Gasteiger partial charge in [0.1, 0.15) is 0 Å². The van der Waals surface area contributed by atoms with E-state index in [-0.39, 0.29) is 23.7 Å². The SMILES string of the molecule is CC(C)NS(=O)(=O)C1CCNC1.Cl. The van der Waals surface area contributed by atoms with E-state index in [4.69, 9.17) is 0 Å². The molecule has 6 heteroatoms. The standard InChI is InChI=1S/C7H16N2O2S.ClH/c1-6(2)9-12(10,11)7-3-4-8-5-7;/h6-9H,3-5H2,1-2H3;1H. The number of nitrogens with one attached hydrogen (secondary N) is 2. The maximum atomic E-state index is 11.5. The van der Waals surface area contributed by atoms with Crippen LogP contribution in [0.3, 0.4) is 0 Å². The fraction of sp³-hybridized carbons (Fsp3) is 1.00. The number of hydrogen-bond acceptors (Lipinski definition) is 3. The van der Waals surface area contributed by atoms with Crippen LogP contribution < -0.4 is 10.0 Å². The van der Waals surface area contributed by atoms with Crippen LogP contribution in [0.4, 0.5) is 0 Å². The third-order valence-electron chi connectivity index (χ3n) is 1.85. The molecule has 1 aliphatic heterocycles. The summed E-state index contributed by atoms with van der Waals surface area (Å²) in [5.74, 6) is 0. The fourth-order valence-corrected chi connectivity index (χ4v) is 2.93. The molecule has 0 aromatic heterocycles. The van der Waals surface area contributed by atoms with Crippen LogP contribution in [0, 0.1) is 0 Å². The highest BCUT2D eigenvalue weighted by Crippen LogP contribution is 2.08. The first kappa shape index (κ1) is 13.2. The summed E-state index contributed by atoms with van der Waals surface area (Å²) >= 11 is 0. The second kappa shape index (κ2) is 5.14. The maximum absolute atomic E-state index is 11.5. The summed E-state index contributed by atoms with van der Waals surface area (Å²) in [5, 5.41) is 2.80. The van der Waals surface area contributed by atoms with Gasteiger partial charge in [-0.1, -0.05) is 0 Å². The quantitative estimate of drug-likeness (QED) is 0.721. The Bertz CT molecular complexity index is 235. The summed E-state index contributed by atoms with van der Waals surface area (Å²) in [5.41, 5.74) is 0. The molecule has 1 heterocycles. The molecule has 0 saturated carbocycles. The largest absolute Gasteiger partial charge is 0.315 e. The first-order valence-corrected chi connectivity index (χ1v) is 5.79. The Morgan fingerprint density at radius 3 is 2.46 bits per heavy atom. The molecule has 1 rings (SSSR count). The molecule has 1 unspecified atom stereocenters. The molecule has 13 heavy (non-hydrogen) atoms. The zero-order valence-electron chi connectivity index (χ0n) is 7.91. The van der Waals surface area contributed by atoms with E-state index < -0.39 is 10.0 Å². The van der Waals surface area contributed by atoms with E-state index in [0.717, 1.165) is 13.0 Å². The van der Waals surface area contributed by atoms with Crippen molar-refractivity contribution in [3.8, 4) is 0 Å². The summed E-state index contributed by atoms with van der Waals surface area (Å²) in [4.78, 5) is 0. The number of halogens is 1. The van der Waals surface area contributed by atoms with E-state index in [2.05, 4.69) is 10.0 Å². The van der Waals surface area contributed by atoms with Gasteiger partial charge in [0.05, 0.1) is 5.25 Å². The van der Waals surface area contributed by atoms with Crippen molar-refractivity contribution in [1.82, 2.24) is 10.0 Å². The molecule has 1 aliphatic rings. The molecule has 1 saturated heterocycles. The number of hydrogen-bond donors (Lipinski definition) is 2. The Morgan fingerprint density at radius 2 is 2.08 bits per heavy atom. The van der Waals surface area contributed by atoms with Crippen molar-refractivity contribution in [3.63, 3.8) is 0 Å². The monoisotopic (exact) mass is 228 g/mol. The maximum Gasteiger partial charge on any atom is 0.216 e. The summed E-state index contributed by atoms with van der Waals surface area (Å²) in [7, 11) is -3.07. The molecule has 4 nitrogen and oxygen atoms in total. The van der Waals surface area contributed by atoms with E-state index in [1.807, 2.05) is 13.8 Å². The topological polar surface area (TPSA) is 58.2 Å². The first-order chi connectivity index (χ1) is 5.52. The Labute approximate surface area is 85.9 Å². The fourth-order valence-electron chi connectivity index (χ4n) is 1.32. The molecule has 80 valence electrons. The second-order valence-electron chi connectivity index (χ2n) is 3.43. The normalized spacial score (nSPS) is 23.2. The molecule has 0 aromatic rings. The van der Waals surface area contributed by atoms with Crippen molar-refractivity contribution in [2.24, 2.45) is 0 Å². The van der Waals surface area contributed by atoms with Crippen molar-refractivity contribution in [1.29, 1.82) is 0 Å². The van der Waals surface area contributed by atoms with Crippen LogP contribution in [0.15, 0.2) is 0 Å². The highest BCUT2D eigenvalue weighted by molar-refractivity contribution is 7.90. The predicted octanol–water partition coefficient (Wildman–Crippen LogP) is 0.0979. The summed E-state index contributed by atoms with van der Waals surface area (Å²) in [6.45, 7) is 5.06. The van der Waals surface area contributed by atoms with Gasteiger partial charge >= 0.3 is 0 Å². The van der Waals surface area contributed by atoms with Gasteiger partial charge in [-0.3, -0.25) is 0 Å². The van der Waals surface area contributed by atoms with Crippen molar-refractivity contribution < 1.29 is 8.42 Å². The zero-order valence-corrected chi connectivity index (χ0v) is 9.54. The van der Waals surface area contributed by atoms with E-state index in [0.29, 0.717) is 6.54 Å². The minimum Gasteiger partial charge on any atom is -0.315 e. The van der Waals surface area contributed by atoms with Gasteiger partial charge in [-0.05, 0) is 26.8 Å². The Balaban J connectivity index is 0.00000144. The van der Waals surface area contributed by atoms with Gasteiger partial charge < -0.3 is 5.32 Å². The van der Waals surface area contributed by atoms with E-state index in [1.54, 1.807) is 0 Å². The summed E-state index contributed by atoms with van der Waals surface area (Å²) in [6.07, 6.45) is 0.724. The van der Waals surface area contributed by atoms with Crippen molar-refractivity contribution in [3.05, 3.63) is 0 Å². The number of sulfonamides is 1. The lowest BCUT2D eigenvalue weighted by molar-refractivity contribution is 0.556.